The van der Waals surface area contributed by atoms with Crippen molar-refractivity contribution in [3.05, 3.63) is 40.7 Å². The molecule has 1 fully saturated rings. The standard InChI is InChI=1S/C26H38ClN3O5S/c1-17(2)5-6-18-13-22(29-25(31)24-19(9-12-27)16-28-30-24)23(35-3)14-20(18)15-26(32)10-7-21(8-11-26)36(4,33)34/h13-14,16-17,21,32H,5-12,15H2,1-4H3,(H,28,30)(H,29,31)/t21-,26+. The number of H-pyrrole nitrogens is 1. The Labute approximate surface area is 219 Å². The van der Waals surface area contributed by atoms with Gasteiger partial charge in [0.2, 0.25) is 0 Å². The monoisotopic (exact) mass is 539 g/mol. The zero-order valence-corrected chi connectivity index (χ0v) is 23.1. The van der Waals surface area contributed by atoms with Gasteiger partial charge in [0.25, 0.3) is 5.91 Å². The number of alkyl halides is 1. The summed E-state index contributed by atoms with van der Waals surface area (Å²) in [7, 11) is -1.57. The van der Waals surface area contributed by atoms with E-state index >= 15 is 0 Å². The number of hydrogen-bond donors (Lipinski definition) is 3. The molecule has 0 saturated heterocycles. The van der Waals surface area contributed by atoms with E-state index in [1.165, 1.54) is 6.26 Å². The number of aromatic nitrogens is 2. The fraction of sp³-hybridized carbons (Fsp3) is 0.615. The van der Waals surface area contributed by atoms with Crippen molar-refractivity contribution in [3.63, 3.8) is 0 Å². The Morgan fingerprint density at radius 1 is 1.25 bits per heavy atom. The molecule has 0 spiro atoms. The molecule has 0 aliphatic heterocycles. The van der Waals surface area contributed by atoms with Gasteiger partial charge in [0.1, 0.15) is 15.6 Å². The molecule has 1 heterocycles. The van der Waals surface area contributed by atoms with Gasteiger partial charge in [-0.15, -0.1) is 11.6 Å². The van der Waals surface area contributed by atoms with Gasteiger partial charge in [-0.25, -0.2) is 8.42 Å². The van der Waals surface area contributed by atoms with Gasteiger partial charge >= 0.3 is 0 Å². The second-order valence-corrected chi connectivity index (χ2v) is 13.0. The Morgan fingerprint density at radius 2 is 1.94 bits per heavy atom. The summed E-state index contributed by atoms with van der Waals surface area (Å²) in [6, 6.07) is 3.81. The average Bonchev–Trinajstić information content (AvgIpc) is 3.27. The molecule has 1 amide bonds. The number of carbonyl (C=O) groups excluding carboxylic acids is 1. The molecule has 200 valence electrons. The molecule has 0 unspecified atom stereocenters. The third-order valence-corrected chi connectivity index (χ3v) is 8.92. The molecule has 0 atom stereocenters. The molecule has 0 radical (unpaired) electrons. The van der Waals surface area contributed by atoms with E-state index in [0.717, 1.165) is 29.5 Å². The fourth-order valence-electron chi connectivity index (χ4n) is 4.85. The number of aryl methyl sites for hydroxylation is 2. The van der Waals surface area contributed by atoms with Crippen molar-refractivity contribution in [2.24, 2.45) is 5.92 Å². The second-order valence-electron chi connectivity index (χ2n) is 10.3. The van der Waals surface area contributed by atoms with E-state index in [0.29, 0.717) is 67.5 Å². The van der Waals surface area contributed by atoms with Gasteiger partial charge in [0.15, 0.2) is 5.69 Å². The lowest BCUT2D eigenvalue weighted by Crippen LogP contribution is -2.40. The Balaban J connectivity index is 1.88. The highest BCUT2D eigenvalue weighted by atomic mass is 35.5. The molecule has 1 aromatic heterocycles. The minimum atomic E-state index is -3.11. The molecule has 3 rings (SSSR count). The number of benzene rings is 1. The molecule has 0 bridgehead atoms. The van der Waals surface area contributed by atoms with Crippen molar-refractivity contribution in [2.75, 3.05) is 24.6 Å². The van der Waals surface area contributed by atoms with E-state index in [1.54, 1.807) is 13.3 Å². The molecular weight excluding hydrogens is 502 g/mol. The number of rotatable bonds is 11. The molecule has 1 aliphatic rings. The predicted molar refractivity (Wildman–Crippen MR) is 143 cm³/mol. The minimum absolute atomic E-state index is 0.294. The van der Waals surface area contributed by atoms with Crippen molar-refractivity contribution in [1.82, 2.24) is 10.2 Å². The van der Waals surface area contributed by atoms with Crippen LogP contribution in [0.2, 0.25) is 0 Å². The van der Waals surface area contributed by atoms with Crippen molar-refractivity contribution < 1.29 is 23.1 Å². The summed E-state index contributed by atoms with van der Waals surface area (Å²) >= 11 is 5.85. The van der Waals surface area contributed by atoms with Crippen molar-refractivity contribution in [3.8, 4) is 5.75 Å². The first-order valence-corrected chi connectivity index (χ1v) is 15.0. The topological polar surface area (TPSA) is 121 Å². The maximum atomic E-state index is 13.0. The number of amides is 1. The summed E-state index contributed by atoms with van der Waals surface area (Å²) in [5, 5.41) is 20.7. The van der Waals surface area contributed by atoms with Crippen LogP contribution in [0, 0.1) is 5.92 Å². The Morgan fingerprint density at radius 3 is 2.53 bits per heavy atom. The molecule has 2 aromatic rings. The Kier molecular flexibility index (Phi) is 9.46. The normalized spacial score (nSPS) is 20.5. The highest BCUT2D eigenvalue weighted by molar-refractivity contribution is 7.91. The van der Waals surface area contributed by atoms with Gasteiger partial charge in [-0.2, -0.15) is 5.10 Å². The first kappa shape index (κ1) is 28.5. The van der Waals surface area contributed by atoms with Crippen LogP contribution in [0.4, 0.5) is 5.69 Å². The van der Waals surface area contributed by atoms with E-state index in [-0.39, 0.29) is 5.91 Å². The van der Waals surface area contributed by atoms with Crippen molar-refractivity contribution in [2.45, 2.75) is 76.1 Å². The van der Waals surface area contributed by atoms with E-state index in [1.807, 2.05) is 12.1 Å². The largest absolute Gasteiger partial charge is 0.495 e. The number of methoxy groups -OCH3 is 1. The number of nitrogens with zero attached hydrogens (tertiary/aromatic N) is 1. The number of carbonyl (C=O) groups is 1. The minimum Gasteiger partial charge on any atom is -0.495 e. The first-order valence-electron chi connectivity index (χ1n) is 12.5. The molecule has 3 N–H and O–H groups in total. The summed E-state index contributed by atoms with van der Waals surface area (Å²) in [4.78, 5) is 13.0. The predicted octanol–water partition coefficient (Wildman–Crippen LogP) is 4.30. The van der Waals surface area contributed by atoms with Gasteiger partial charge < -0.3 is 15.2 Å². The van der Waals surface area contributed by atoms with E-state index in [9.17, 15) is 18.3 Å². The van der Waals surface area contributed by atoms with Crippen LogP contribution in [0.3, 0.4) is 0 Å². The smallest absolute Gasteiger partial charge is 0.276 e. The van der Waals surface area contributed by atoms with Crippen LogP contribution in [0.5, 0.6) is 5.75 Å². The molecule has 1 aromatic carbocycles. The second kappa shape index (κ2) is 12.0. The van der Waals surface area contributed by atoms with Gasteiger partial charge in [0.05, 0.1) is 23.6 Å². The van der Waals surface area contributed by atoms with Gasteiger partial charge in [0, 0.05) is 30.3 Å². The third-order valence-electron chi connectivity index (χ3n) is 7.05. The summed E-state index contributed by atoms with van der Waals surface area (Å²) in [6.45, 7) is 4.31. The van der Waals surface area contributed by atoms with Crippen LogP contribution < -0.4 is 10.1 Å². The summed E-state index contributed by atoms with van der Waals surface area (Å²) < 4.78 is 29.6. The number of anilines is 1. The SMILES string of the molecule is COc1cc(C[C@]2(O)CC[C@@H](S(C)(=O)=O)CC2)c(CCC(C)C)cc1NC(=O)c1n[nH]cc1CCCl. The van der Waals surface area contributed by atoms with Crippen LogP contribution in [-0.4, -0.2) is 59.7 Å². The summed E-state index contributed by atoms with van der Waals surface area (Å²) in [6.07, 6.45) is 7.36. The highest BCUT2D eigenvalue weighted by Gasteiger charge is 2.37. The lowest BCUT2D eigenvalue weighted by molar-refractivity contribution is 0.00519. The van der Waals surface area contributed by atoms with Gasteiger partial charge in [-0.1, -0.05) is 13.8 Å². The molecular formula is C26H38ClN3O5S. The van der Waals surface area contributed by atoms with Crippen LogP contribution in [-0.2, 0) is 29.1 Å². The number of hydrogen-bond acceptors (Lipinski definition) is 6. The summed E-state index contributed by atoms with van der Waals surface area (Å²) in [5.41, 5.74) is 2.58. The number of aliphatic hydroxyl groups is 1. The summed E-state index contributed by atoms with van der Waals surface area (Å²) in [5.74, 6) is 1.00. The van der Waals surface area contributed by atoms with Crippen molar-refractivity contribution in [1.29, 1.82) is 0 Å². The lowest BCUT2D eigenvalue weighted by Gasteiger charge is -2.36. The maximum absolute atomic E-state index is 13.0. The van der Waals surface area contributed by atoms with Crippen LogP contribution in [0.1, 0.15) is 73.1 Å². The van der Waals surface area contributed by atoms with Crippen molar-refractivity contribution >= 4 is 33.0 Å². The molecule has 10 heteroatoms. The quantitative estimate of drug-likeness (QED) is 0.366. The number of ether oxygens (including phenoxy) is 1. The molecule has 8 nitrogen and oxygen atoms in total. The van der Waals surface area contributed by atoms with Gasteiger partial charge in [-0.3, -0.25) is 9.89 Å². The molecule has 1 saturated carbocycles. The lowest BCUT2D eigenvalue weighted by atomic mass is 9.79. The maximum Gasteiger partial charge on any atom is 0.276 e. The average molecular weight is 540 g/mol. The Bertz CT molecular complexity index is 1150. The highest BCUT2D eigenvalue weighted by Crippen LogP contribution is 2.38. The number of halogens is 1. The van der Waals surface area contributed by atoms with Crippen LogP contribution in [0.15, 0.2) is 18.3 Å². The number of sulfone groups is 1. The first-order chi connectivity index (χ1) is 17.0. The molecule has 36 heavy (non-hydrogen) atoms. The zero-order chi connectivity index (χ0) is 26.5. The number of nitrogens with one attached hydrogen (secondary N) is 2. The van der Waals surface area contributed by atoms with E-state index in [4.69, 9.17) is 16.3 Å². The molecule has 1 aliphatic carbocycles. The van der Waals surface area contributed by atoms with Crippen LogP contribution in [0.25, 0.3) is 0 Å². The van der Waals surface area contributed by atoms with Gasteiger partial charge in [-0.05, 0) is 74.1 Å². The number of aromatic amines is 1. The van der Waals surface area contributed by atoms with Crippen LogP contribution >= 0.6 is 11.6 Å². The zero-order valence-electron chi connectivity index (χ0n) is 21.6. The van der Waals surface area contributed by atoms with E-state index in [2.05, 4.69) is 29.4 Å². The fourth-order valence-corrected chi connectivity index (χ4v) is 6.14. The Hall–Kier alpha value is -2.10. The third kappa shape index (κ3) is 7.23. The van der Waals surface area contributed by atoms with E-state index < -0.39 is 20.7 Å².